The molecule has 17 heavy (non-hydrogen) atoms. The van der Waals surface area contributed by atoms with Gasteiger partial charge in [0.15, 0.2) is 0 Å². The van der Waals surface area contributed by atoms with Crippen molar-refractivity contribution in [3.05, 3.63) is 29.8 Å². The Morgan fingerprint density at radius 3 is 2.94 bits per heavy atom. The highest BCUT2D eigenvalue weighted by molar-refractivity contribution is 5.57. The first-order valence-electron chi connectivity index (χ1n) is 6.38. The lowest BCUT2D eigenvalue weighted by atomic mass is 9.95. The summed E-state index contributed by atoms with van der Waals surface area (Å²) < 4.78 is 0. The number of anilines is 1. The number of rotatable bonds is 4. The summed E-state index contributed by atoms with van der Waals surface area (Å²) >= 11 is 0. The number of para-hydroxylation sites is 1. The number of nitrogens with one attached hydrogen (secondary N) is 1. The van der Waals surface area contributed by atoms with Crippen molar-refractivity contribution in [1.29, 1.82) is 0 Å². The number of benzene rings is 1. The van der Waals surface area contributed by atoms with E-state index in [0.29, 0.717) is 12.0 Å². The second-order valence-electron chi connectivity index (χ2n) is 4.92. The smallest absolute Gasteiger partial charge is 0.0473 e. The third kappa shape index (κ3) is 2.61. The SMILES string of the molecule is CNC1CCN(CC(C)CO)c2ccccc21. The molecule has 2 atom stereocenters. The minimum Gasteiger partial charge on any atom is -0.396 e. The molecular formula is C14H22N2O. The monoisotopic (exact) mass is 234 g/mol. The molecule has 1 aromatic rings. The highest BCUT2D eigenvalue weighted by atomic mass is 16.3. The van der Waals surface area contributed by atoms with Gasteiger partial charge in [-0.2, -0.15) is 0 Å². The minimum atomic E-state index is 0.258. The number of hydrogen-bond donors (Lipinski definition) is 2. The van der Waals surface area contributed by atoms with E-state index in [-0.39, 0.29) is 6.61 Å². The van der Waals surface area contributed by atoms with Crippen LogP contribution in [-0.2, 0) is 0 Å². The highest BCUT2D eigenvalue weighted by Crippen LogP contribution is 2.33. The topological polar surface area (TPSA) is 35.5 Å². The zero-order chi connectivity index (χ0) is 12.3. The van der Waals surface area contributed by atoms with Gasteiger partial charge in [-0.3, -0.25) is 0 Å². The summed E-state index contributed by atoms with van der Waals surface area (Å²) in [6.07, 6.45) is 1.13. The van der Waals surface area contributed by atoms with E-state index >= 15 is 0 Å². The zero-order valence-corrected chi connectivity index (χ0v) is 10.7. The molecule has 3 heteroatoms. The van der Waals surface area contributed by atoms with Crippen molar-refractivity contribution < 1.29 is 5.11 Å². The molecule has 0 saturated heterocycles. The molecule has 0 aliphatic carbocycles. The van der Waals surface area contributed by atoms with E-state index in [1.54, 1.807) is 0 Å². The van der Waals surface area contributed by atoms with E-state index in [0.717, 1.165) is 19.5 Å². The second-order valence-corrected chi connectivity index (χ2v) is 4.92. The van der Waals surface area contributed by atoms with Crippen molar-refractivity contribution in [3.8, 4) is 0 Å². The molecule has 0 saturated carbocycles. The van der Waals surface area contributed by atoms with Crippen molar-refractivity contribution in [1.82, 2.24) is 5.32 Å². The van der Waals surface area contributed by atoms with Crippen molar-refractivity contribution in [2.24, 2.45) is 5.92 Å². The number of fused-ring (bicyclic) bond motifs is 1. The van der Waals surface area contributed by atoms with E-state index in [1.165, 1.54) is 11.3 Å². The van der Waals surface area contributed by atoms with Crippen LogP contribution in [0.1, 0.15) is 24.9 Å². The largest absolute Gasteiger partial charge is 0.396 e. The van der Waals surface area contributed by atoms with Crippen LogP contribution < -0.4 is 10.2 Å². The molecule has 2 rings (SSSR count). The first-order chi connectivity index (χ1) is 8.26. The molecule has 1 aliphatic rings. The molecule has 0 fully saturated rings. The second kappa shape index (κ2) is 5.52. The number of hydrogen-bond acceptors (Lipinski definition) is 3. The Kier molecular flexibility index (Phi) is 4.02. The molecule has 2 N–H and O–H groups in total. The standard InChI is InChI=1S/C14H22N2O/c1-11(10-17)9-16-8-7-13(15-2)12-5-3-4-6-14(12)16/h3-6,11,13,15,17H,7-10H2,1-2H3. The normalized spacial score (nSPS) is 21.1. The molecule has 0 amide bonds. The van der Waals surface area contributed by atoms with E-state index in [4.69, 9.17) is 0 Å². The summed E-state index contributed by atoms with van der Waals surface area (Å²) in [7, 11) is 2.02. The Bertz CT molecular complexity index is 367. The van der Waals surface area contributed by atoms with Gasteiger partial charge in [-0.15, -0.1) is 0 Å². The van der Waals surface area contributed by atoms with Gasteiger partial charge >= 0.3 is 0 Å². The molecule has 0 spiro atoms. The van der Waals surface area contributed by atoms with E-state index < -0.39 is 0 Å². The van der Waals surface area contributed by atoms with Crippen molar-refractivity contribution >= 4 is 5.69 Å². The molecule has 1 aliphatic heterocycles. The average molecular weight is 234 g/mol. The first kappa shape index (κ1) is 12.4. The van der Waals surface area contributed by atoms with Gasteiger partial charge in [-0.1, -0.05) is 25.1 Å². The van der Waals surface area contributed by atoms with Gasteiger partial charge in [0.05, 0.1) is 0 Å². The highest BCUT2D eigenvalue weighted by Gasteiger charge is 2.24. The molecule has 94 valence electrons. The van der Waals surface area contributed by atoms with Gasteiger partial charge in [0.25, 0.3) is 0 Å². The summed E-state index contributed by atoms with van der Waals surface area (Å²) in [5, 5.41) is 12.5. The Balaban J connectivity index is 2.22. The van der Waals surface area contributed by atoms with Crippen LogP contribution in [-0.4, -0.2) is 31.9 Å². The van der Waals surface area contributed by atoms with Gasteiger partial charge in [0.1, 0.15) is 0 Å². The van der Waals surface area contributed by atoms with Crippen LogP contribution in [0.3, 0.4) is 0 Å². The maximum Gasteiger partial charge on any atom is 0.0473 e. The number of nitrogens with zero attached hydrogens (tertiary/aromatic N) is 1. The fourth-order valence-electron chi connectivity index (χ4n) is 2.55. The lowest BCUT2D eigenvalue weighted by Crippen LogP contribution is -2.37. The van der Waals surface area contributed by atoms with Crippen LogP contribution >= 0.6 is 0 Å². The quantitative estimate of drug-likeness (QED) is 0.833. The van der Waals surface area contributed by atoms with Crippen molar-refractivity contribution in [2.45, 2.75) is 19.4 Å². The van der Waals surface area contributed by atoms with Crippen LogP contribution in [0, 0.1) is 5.92 Å². The third-order valence-corrected chi connectivity index (χ3v) is 3.53. The van der Waals surface area contributed by atoms with Crippen molar-refractivity contribution in [2.75, 3.05) is 31.6 Å². The molecule has 1 aromatic carbocycles. The van der Waals surface area contributed by atoms with Crippen LogP contribution in [0.2, 0.25) is 0 Å². The molecule has 1 heterocycles. The van der Waals surface area contributed by atoms with Gasteiger partial charge in [-0.05, 0) is 31.0 Å². The van der Waals surface area contributed by atoms with Gasteiger partial charge in [-0.25, -0.2) is 0 Å². The summed E-state index contributed by atoms with van der Waals surface area (Å²) in [5.74, 6) is 0.328. The molecule has 0 aromatic heterocycles. The van der Waals surface area contributed by atoms with Crippen LogP contribution in [0.25, 0.3) is 0 Å². The van der Waals surface area contributed by atoms with E-state index in [2.05, 4.69) is 41.4 Å². The van der Waals surface area contributed by atoms with Crippen LogP contribution in [0.4, 0.5) is 5.69 Å². The van der Waals surface area contributed by atoms with E-state index in [9.17, 15) is 5.11 Å². The maximum atomic E-state index is 9.17. The molecule has 0 radical (unpaired) electrons. The fraction of sp³-hybridized carbons (Fsp3) is 0.571. The zero-order valence-electron chi connectivity index (χ0n) is 10.7. The first-order valence-corrected chi connectivity index (χ1v) is 6.38. The number of aliphatic hydroxyl groups excluding tert-OH is 1. The lowest BCUT2D eigenvalue weighted by molar-refractivity contribution is 0.238. The summed E-state index contributed by atoms with van der Waals surface area (Å²) in [6.45, 7) is 4.34. The Morgan fingerprint density at radius 2 is 2.24 bits per heavy atom. The minimum absolute atomic E-state index is 0.258. The molecule has 0 bridgehead atoms. The molecular weight excluding hydrogens is 212 g/mol. The Hall–Kier alpha value is -1.06. The van der Waals surface area contributed by atoms with Gasteiger partial charge in [0, 0.05) is 31.4 Å². The van der Waals surface area contributed by atoms with Gasteiger partial charge < -0.3 is 15.3 Å². The predicted octanol–water partition coefficient (Wildman–Crippen LogP) is 1.79. The van der Waals surface area contributed by atoms with Gasteiger partial charge in [0.2, 0.25) is 0 Å². The van der Waals surface area contributed by atoms with E-state index in [1.807, 2.05) is 7.05 Å². The summed E-state index contributed by atoms with van der Waals surface area (Å²) in [5.41, 5.74) is 2.70. The average Bonchev–Trinajstić information content (AvgIpc) is 2.39. The third-order valence-electron chi connectivity index (χ3n) is 3.53. The number of aliphatic hydroxyl groups is 1. The Morgan fingerprint density at radius 1 is 1.47 bits per heavy atom. The van der Waals surface area contributed by atoms with Crippen molar-refractivity contribution in [3.63, 3.8) is 0 Å². The molecule has 2 unspecified atom stereocenters. The molecule has 3 nitrogen and oxygen atoms in total. The predicted molar refractivity (Wildman–Crippen MR) is 71.3 cm³/mol. The Labute approximate surface area is 103 Å². The maximum absolute atomic E-state index is 9.17. The lowest BCUT2D eigenvalue weighted by Gasteiger charge is -2.36. The fourth-order valence-corrected chi connectivity index (χ4v) is 2.55. The summed E-state index contributed by atoms with van der Waals surface area (Å²) in [6, 6.07) is 9.04. The van der Waals surface area contributed by atoms with Crippen LogP contribution in [0.5, 0.6) is 0 Å². The summed E-state index contributed by atoms with van der Waals surface area (Å²) in [4.78, 5) is 2.39. The van der Waals surface area contributed by atoms with Crippen LogP contribution in [0.15, 0.2) is 24.3 Å².